The third-order valence-corrected chi connectivity index (χ3v) is 4.03. The first-order valence-corrected chi connectivity index (χ1v) is 6.83. The lowest BCUT2D eigenvalue weighted by atomic mass is 10.1. The zero-order chi connectivity index (χ0) is 11.2. The average molecular weight is 263 g/mol. The number of rotatable bonds is 6. The summed E-state index contributed by atoms with van der Waals surface area (Å²) in [4.78, 5) is 2.53. The van der Waals surface area contributed by atoms with E-state index in [1.165, 1.54) is 51.7 Å². The van der Waals surface area contributed by atoms with Crippen molar-refractivity contribution in [1.82, 2.24) is 10.2 Å². The van der Waals surface area contributed by atoms with Gasteiger partial charge in [0.1, 0.15) is 0 Å². The molecule has 0 bridgehead atoms. The fraction of sp³-hybridized carbons (Fsp3) is 1.00. The molecule has 1 N–H and O–H groups in total. The fourth-order valence-corrected chi connectivity index (χ4v) is 2.97. The van der Waals surface area contributed by atoms with Crippen LogP contribution in [0.15, 0.2) is 0 Å². The molecule has 0 spiro atoms. The van der Waals surface area contributed by atoms with Crippen LogP contribution in [0.25, 0.3) is 0 Å². The summed E-state index contributed by atoms with van der Waals surface area (Å²) in [5.41, 5.74) is 0. The lowest BCUT2D eigenvalue weighted by Crippen LogP contribution is -2.33. The quantitative estimate of drug-likeness (QED) is 0.792. The van der Waals surface area contributed by atoms with E-state index in [1.54, 1.807) is 7.11 Å². The minimum atomic E-state index is 0. The molecule has 1 aliphatic carbocycles. The smallest absolute Gasteiger partial charge is 0.0589 e. The first-order chi connectivity index (χ1) is 7.88. The summed E-state index contributed by atoms with van der Waals surface area (Å²) in [7, 11) is 1.79. The molecule has 1 unspecified atom stereocenters. The molecule has 1 saturated carbocycles. The normalized spacial score (nSPS) is 26.3. The first kappa shape index (κ1) is 15.2. The van der Waals surface area contributed by atoms with Crippen LogP contribution in [-0.4, -0.2) is 50.8 Å². The van der Waals surface area contributed by atoms with Gasteiger partial charge in [-0.1, -0.05) is 12.8 Å². The van der Waals surface area contributed by atoms with Gasteiger partial charge in [0.2, 0.25) is 0 Å². The van der Waals surface area contributed by atoms with Crippen molar-refractivity contribution < 1.29 is 4.74 Å². The van der Waals surface area contributed by atoms with Gasteiger partial charge in [-0.25, -0.2) is 0 Å². The Balaban J connectivity index is 0.00000144. The monoisotopic (exact) mass is 262 g/mol. The highest BCUT2D eigenvalue weighted by Crippen LogP contribution is 2.19. The van der Waals surface area contributed by atoms with E-state index >= 15 is 0 Å². The van der Waals surface area contributed by atoms with E-state index in [0.29, 0.717) is 0 Å². The lowest BCUT2D eigenvalue weighted by molar-refractivity contribution is 0.158. The Hall–Kier alpha value is 0.170. The van der Waals surface area contributed by atoms with E-state index in [1.807, 2.05) is 0 Å². The van der Waals surface area contributed by atoms with Crippen molar-refractivity contribution in [1.29, 1.82) is 0 Å². The van der Waals surface area contributed by atoms with Crippen molar-refractivity contribution in [3.63, 3.8) is 0 Å². The Morgan fingerprint density at radius 3 is 2.71 bits per heavy atom. The number of likely N-dealkylation sites (tertiary alicyclic amines) is 1. The third-order valence-electron chi connectivity index (χ3n) is 4.03. The molecule has 2 fully saturated rings. The largest absolute Gasteiger partial charge is 0.383 e. The number of nitrogens with zero attached hydrogens (tertiary/aromatic N) is 1. The molecular weight excluding hydrogens is 236 g/mol. The SMILES string of the molecule is COCCN1CCC(CNC2CCCC2)C1.Cl. The van der Waals surface area contributed by atoms with Gasteiger partial charge in [0.15, 0.2) is 0 Å². The third kappa shape index (κ3) is 5.12. The van der Waals surface area contributed by atoms with E-state index < -0.39 is 0 Å². The van der Waals surface area contributed by atoms with Crippen molar-refractivity contribution in [2.24, 2.45) is 5.92 Å². The number of hydrogen-bond donors (Lipinski definition) is 1. The fourth-order valence-electron chi connectivity index (χ4n) is 2.97. The van der Waals surface area contributed by atoms with Gasteiger partial charge in [-0.05, 0) is 38.3 Å². The van der Waals surface area contributed by atoms with Crippen molar-refractivity contribution in [2.75, 3.05) is 39.9 Å². The lowest BCUT2D eigenvalue weighted by Gasteiger charge is -2.17. The minimum Gasteiger partial charge on any atom is -0.383 e. The number of nitrogens with one attached hydrogen (secondary N) is 1. The standard InChI is InChI=1S/C13H26N2O.ClH/c1-16-9-8-15-7-6-12(11-15)10-14-13-4-2-3-5-13;/h12-14H,2-11H2,1H3;1H. The second kappa shape index (κ2) is 8.30. The second-order valence-corrected chi connectivity index (χ2v) is 5.34. The second-order valence-electron chi connectivity index (χ2n) is 5.34. The van der Waals surface area contributed by atoms with Crippen molar-refractivity contribution >= 4 is 12.4 Å². The first-order valence-electron chi connectivity index (χ1n) is 6.83. The molecule has 2 rings (SSSR count). The molecule has 1 aliphatic heterocycles. The molecule has 1 saturated heterocycles. The Labute approximate surface area is 112 Å². The van der Waals surface area contributed by atoms with E-state index in [0.717, 1.165) is 25.1 Å². The molecular formula is C13H27ClN2O. The van der Waals surface area contributed by atoms with Gasteiger partial charge in [-0.3, -0.25) is 0 Å². The van der Waals surface area contributed by atoms with Crippen molar-refractivity contribution in [3.8, 4) is 0 Å². The number of halogens is 1. The molecule has 1 atom stereocenters. The van der Waals surface area contributed by atoms with Crippen LogP contribution < -0.4 is 5.32 Å². The molecule has 2 aliphatic rings. The van der Waals surface area contributed by atoms with E-state index in [2.05, 4.69) is 10.2 Å². The van der Waals surface area contributed by atoms with E-state index in [9.17, 15) is 0 Å². The average Bonchev–Trinajstić information content (AvgIpc) is 2.95. The van der Waals surface area contributed by atoms with E-state index in [-0.39, 0.29) is 12.4 Å². The molecule has 0 amide bonds. The predicted molar refractivity (Wildman–Crippen MR) is 73.9 cm³/mol. The van der Waals surface area contributed by atoms with Gasteiger partial charge >= 0.3 is 0 Å². The molecule has 4 heteroatoms. The number of hydrogen-bond acceptors (Lipinski definition) is 3. The van der Waals surface area contributed by atoms with Gasteiger partial charge in [-0.2, -0.15) is 0 Å². The zero-order valence-corrected chi connectivity index (χ0v) is 11.8. The summed E-state index contributed by atoms with van der Waals surface area (Å²) in [6.45, 7) is 5.75. The number of methoxy groups -OCH3 is 1. The van der Waals surface area contributed by atoms with Crippen LogP contribution in [0.4, 0.5) is 0 Å². The molecule has 102 valence electrons. The van der Waals surface area contributed by atoms with Crippen LogP contribution in [0, 0.1) is 5.92 Å². The van der Waals surface area contributed by atoms with Gasteiger partial charge in [0.05, 0.1) is 6.61 Å². The Bertz CT molecular complexity index is 198. The zero-order valence-electron chi connectivity index (χ0n) is 11.0. The highest BCUT2D eigenvalue weighted by Gasteiger charge is 2.23. The van der Waals surface area contributed by atoms with Gasteiger partial charge in [0.25, 0.3) is 0 Å². The summed E-state index contributed by atoms with van der Waals surface area (Å²) < 4.78 is 5.12. The van der Waals surface area contributed by atoms with Crippen molar-refractivity contribution in [2.45, 2.75) is 38.1 Å². The molecule has 1 heterocycles. The summed E-state index contributed by atoms with van der Waals surface area (Å²) in [6, 6.07) is 0.827. The summed E-state index contributed by atoms with van der Waals surface area (Å²) in [6.07, 6.45) is 7.04. The summed E-state index contributed by atoms with van der Waals surface area (Å²) in [5.74, 6) is 0.873. The Kier molecular flexibility index (Phi) is 7.44. The van der Waals surface area contributed by atoms with Crippen molar-refractivity contribution in [3.05, 3.63) is 0 Å². The van der Waals surface area contributed by atoms with E-state index in [4.69, 9.17) is 4.74 Å². The highest BCUT2D eigenvalue weighted by atomic mass is 35.5. The summed E-state index contributed by atoms with van der Waals surface area (Å²) in [5, 5.41) is 3.74. The van der Waals surface area contributed by atoms with Gasteiger partial charge in [-0.15, -0.1) is 12.4 Å². The van der Waals surface area contributed by atoms with Crippen LogP contribution in [0.1, 0.15) is 32.1 Å². The predicted octanol–water partition coefficient (Wildman–Crippen LogP) is 1.91. The highest BCUT2D eigenvalue weighted by molar-refractivity contribution is 5.85. The Morgan fingerprint density at radius 2 is 2.00 bits per heavy atom. The molecule has 0 aromatic rings. The van der Waals surface area contributed by atoms with Gasteiger partial charge < -0.3 is 15.0 Å². The van der Waals surface area contributed by atoms with Gasteiger partial charge in [0, 0.05) is 26.2 Å². The maximum Gasteiger partial charge on any atom is 0.0589 e. The maximum absolute atomic E-state index is 5.12. The van der Waals surface area contributed by atoms with Crippen LogP contribution >= 0.6 is 12.4 Å². The molecule has 0 radical (unpaired) electrons. The van der Waals surface area contributed by atoms with Crippen LogP contribution in [0.2, 0.25) is 0 Å². The molecule has 17 heavy (non-hydrogen) atoms. The molecule has 0 aromatic carbocycles. The number of ether oxygens (including phenoxy) is 1. The minimum absolute atomic E-state index is 0. The maximum atomic E-state index is 5.12. The van der Waals surface area contributed by atoms with Crippen LogP contribution in [-0.2, 0) is 4.74 Å². The summed E-state index contributed by atoms with van der Waals surface area (Å²) >= 11 is 0. The molecule has 3 nitrogen and oxygen atoms in total. The Morgan fingerprint density at radius 1 is 1.24 bits per heavy atom. The topological polar surface area (TPSA) is 24.5 Å². The molecule has 0 aromatic heterocycles. The van der Waals surface area contributed by atoms with Crippen LogP contribution in [0.5, 0.6) is 0 Å². The van der Waals surface area contributed by atoms with Crippen LogP contribution in [0.3, 0.4) is 0 Å².